The molecule has 0 aromatic heterocycles. The van der Waals surface area contributed by atoms with Gasteiger partial charge in [-0.1, -0.05) is 18.5 Å². The van der Waals surface area contributed by atoms with E-state index in [-0.39, 0.29) is 11.1 Å². The summed E-state index contributed by atoms with van der Waals surface area (Å²) in [7, 11) is 0. The van der Waals surface area contributed by atoms with E-state index in [9.17, 15) is 4.39 Å². The molecule has 0 spiro atoms. The van der Waals surface area contributed by atoms with Crippen molar-refractivity contribution < 1.29 is 9.13 Å². The minimum atomic E-state index is -0.427. The maximum Gasteiger partial charge on any atom is 0.145 e. The lowest BCUT2D eigenvalue weighted by Gasteiger charge is -2.23. The van der Waals surface area contributed by atoms with Crippen molar-refractivity contribution in [3.63, 3.8) is 0 Å². The van der Waals surface area contributed by atoms with Crippen LogP contribution in [0.3, 0.4) is 0 Å². The Morgan fingerprint density at radius 3 is 3.00 bits per heavy atom. The van der Waals surface area contributed by atoms with Gasteiger partial charge in [-0.2, -0.15) is 0 Å². The summed E-state index contributed by atoms with van der Waals surface area (Å²) in [4.78, 5) is 0. The Morgan fingerprint density at radius 1 is 1.59 bits per heavy atom. The van der Waals surface area contributed by atoms with Gasteiger partial charge in [0, 0.05) is 18.5 Å². The highest BCUT2D eigenvalue weighted by molar-refractivity contribution is 6.30. The van der Waals surface area contributed by atoms with Gasteiger partial charge >= 0.3 is 0 Å². The van der Waals surface area contributed by atoms with Crippen LogP contribution in [0, 0.1) is 11.7 Å². The van der Waals surface area contributed by atoms with Gasteiger partial charge in [0.1, 0.15) is 17.7 Å². The fraction of sp³-hybridized carbons (Fsp3) is 0.538. The zero-order valence-corrected chi connectivity index (χ0v) is 10.6. The number of hydrogen-bond acceptors (Lipinski definition) is 2. The molecule has 94 valence electrons. The van der Waals surface area contributed by atoms with Crippen LogP contribution < -0.4 is 10.1 Å². The molecule has 2 atom stereocenters. The summed E-state index contributed by atoms with van der Waals surface area (Å²) in [5, 5.41) is 3.45. The Kier molecular flexibility index (Phi) is 4.24. The number of rotatable bonds is 4. The van der Waals surface area contributed by atoms with Crippen LogP contribution in [0.5, 0.6) is 5.75 Å². The molecule has 1 aliphatic heterocycles. The molecule has 0 aliphatic carbocycles. The van der Waals surface area contributed by atoms with Crippen LogP contribution in [0.25, 0.3) is 0 Å². The topological polar surface area (TPSA) is 21.3 Å². The van der Waals surface area contributed by atoms with E-state index in [1.165, 1.54) is 12.1 Å². The average molecular weight is 258 g/mol. The summed E-state index contributed by atoms with van der Waals surface area (Å²) in [6.45, 7) is 4.11. The average Bonchev–Trinajstić information content (AvgIpc) is 2.84. The van der Waals surface area contributed by atoms with Crippen molar-refractivity contribution in [1.29, 1.82) is 0 Å². The van der Waals surface area contributed by atoms with Crippen LogP contribution in [-0.4, -0.2) is 19.2 Å². The first-order valence-electron chi connectivity index (χ1n) is 6.03. The van der Waals surface area contributed by atoms with Gasteiger partial charge in [-0.25, -0.2) is 4.39 Å². The first-order chi connectivity index (χ1) is 8.20. The third kappa shape index (κ3) is 3.11. The van der Waals surface area contributed by atoms with Gasteiger partial charge in [0.2, 0.25) is 0 Å². The minimum absolute atomic E-state index is 0.132. The first kappa shape index (κ1) is 12.7. The maximum absolute atomic E-state index is 13.3. The first-order valence-corrected chi connectivity index (χ1v) is 6.41. The molecule has 1 fully saturated rings. The Bertz CT molecular complexity index is 380. The molecule has 17 heavy (non-hydrogen) atoms. The number of benzene rings is 1. The summed E-state index contributed by atoms with van der Waals surface area (Å²) in [6.07, 6.45) is 2.19. The van der Waals surface area contributed by atoms with Crippen molar-refractivity contribution >= 4 is 11.6 Å². The minimum Gasteiger partial charge on any atom is -0.490 e. The highest BCUT2D eigenvalue weighted by Crippen LogP contribution is 2.25. The quantitative estimate of drug-likeness (QED) is 0.894. The molecular formula is C13H17ClFNO. The highest BCUT2D eigenvalue weighted by Gasteiger charge is 2.25. The van der Waals surface area contributed by atoms with E-state index in [0.717, 1.165) is 25.9 Å². The third-order valence-corrected chi connectivity index (χ3v) is 3.51. The van der Waals surface area contributed by atoms with Gasteiger partial charge in [-0.15, -0.1) is 0 Å². The normalized spacial score (nSPS) is 21.5. The molecule has 0 radical (unpaired) electrons. The van der Waals surface area contributed by atoms with Crippen molar-refractivity contribution in [3.05, 3.63) is 29.0 Å². The molecular weight excluding hydrogens is 241 g/mol. The predicted octanol–water partition coefficient (Wildman–Crippen LogP) is 3.25. The molecule has 0 bridgehead atoms. The van der Waals surface area contributed by atoms with Gasteiger partial charge < -0.3 is 10.1 Å². The molecule has 0 saturated carbocycles. The maximum atomic E-state index is 13.3. The van der Waals surface area contributed by atoms with Crippen molar-refractivity contribution in [2.24, 2.45) is 5.92 Å². The molecule has 1 aliphatic rings. The SMILES string of the molecule is CC[C@H](Oc1ccc(Cl)c(F)c1)C1CCNC1. The van der Waals surface area contributed by atoms with Gasteiger partial charge in [0.05, 0.1) is 5.02 Å². The summed E-state index contributed by atoms with van der Waals surface area (Å²) in [5.74, 6) is 0.646. The van der Waals surface area contributed by atoms with E-state index >= 15 is 0 Å². The van der Waals surface area contributed by atoms with Crippen molar-refractivity contribution in [1.82, 2.24) is 5.32 Å². The van der Waals surface area contributed by atoms with Crippen molar-refractivity contribution in [3.8, 4) is 5.75 Å². The smallest absolute Gasteiger partial charge is 0.145 e. The number of halogens is 2. The number of nitrogens with one attached hydrogen (secondary N) is 1. The molecule has 1 aromatic rings. The molecule has 1 aromatic carbocycles. The summed E-state index contributed by atoms with van der Waals surface area (Å²) >= 11 is 5.64. The van der Waals surface area contributed by atoms with Crippen LogP contribution in [0.2, 0.25) is 5.02 Å². The third-order valence-electron chi connectivity index (χ3n) is 3.21. The summed E-state index contributed by atoms with van der Waals surface area (Å²) in [5.41, 5.74) is 0. The van der Waals surface area contributed by atoms with E-state index in [0.29, 0.717) is 11.7 Å². The van der Waals surface area contributed by atoms with Gasteiger partial charge in [0.25, 0.3) is 0 Å². The molecule has 0 amide bonds. The van der Waals surface area contributed by atoms with Crippen LogP contribution in [0.15, 0.2) is 18.2 Å². The number of ether oxygens (including phenoxy) is 1. The zero-order valence-electron chi connectivity index (χ0n) is 9.88. The monoisotopic (exact) mass is 257 g/mol. The fourth-order valence-electron chi connectivity index (χ4n) is 2.23. The van der Waals surface area contributed by atoms with Crippen LogP contribution >= 0.6 is 11.6 Å². The molecule has 1 N–H and O–H groups in total. The Labute approximate surface area is 106 Å². The lowest BCUT2D eigenvalue weighted by atomic mass is 9.99. The summed E-state index contributed by atoms with van der Waals surface area (Å²) in [6, 6.07) is 4.61. The van der Waals surface area contributed by atoms with Crippen molar-refractivity contribution in [2.45, 2.75) is 25.9 Å². The second-order valence-corrected chi connectivity index (χ2v) is 4.80. The van der Waals surface area contributed by atoms with Crippen LogP contribution in [-0.2, 0) is 0 Å². The second kappa shape index (κ2) is 5.69. The van der Waals surface area contributed by atoms with E-state index in [4.69, 9.17) is 16.3 Å². The Hall–Kier alpha value is -0.800. The van der Waals surface area contributed by atoms with E-state index in [1.807, 2.05) is 0 Å². The number of hydrogen-bond donors (Lipinski definition) is 1. The molecule has 1 unspecified atom stereocenters. The van der Waals surface area contributed by atoms with Crippen molar-refractivity contribution in [2.75, 3.05) is 13.1 Å². The lowest BCUT2D eigenvalue weighted by molar-refractivity contribution is 0.138. The van der Waals surface area contributed by atoms with Gasteiger partial charge in [0.15, 0.2) is 0 Å². The largest absolute Gasteiger partial charge is 0.490 e. The Balaban J connectivity index is 2.04. The summed E-state index contributed by atoms with van der Waals surface area (Å²) < 4.78 is 19.1. The van der Waals surface area contributed by atoms with E-state index in [1.54, 1.807) is 6.07 Å². The van der Waals surface area contributed by atoms with E-state index < -0.39 is 5.82 Å². The second-order valence-electron chi connectivity index (χ2n) is 4.39. The highest BCUT2D eigenvalue weighted by atomic mass is 35.5. The zero-order chi connectivity index (χ0) is 12.3. The van der Waals surface area contributed by atoms with Crippen LogP contribution in [0.1, 0.15) is 19.8 Å². The van der Waals surface area contributed by atoms with Gasteiger partial charge in [-0.3, -0.25) is 0 Å². The standard InChI is InChI=1S/C13H17ClFNO/c1-2-13(9-5-6-16-8-9)17-10-3-4-11(14)12(15)7-10/h3-4,7,9,13,16H,2,5-6,8H2,1H3/t9?,13-/m0/s1. The predicted molar refractivity (Wildman–Crippen MR) is 67.1 cm³/mol. The molecule has 4 heteroatoms. The van der Waals surface area contributed by atoms with Gasteiger partial charge in [-0.05, 0) is 31.5 Å². The molecule has 1 heterocycles. The van der Waals surface area contributed by atoms with E-state index in [2.05, 4.69) is 12.2 Å². The lowest BCUT2D eigenvalue weighted by Crippen LogP contribution is -2.28. The fourth-order valence-corrected chi connectivity index (χ4v) is 2.35. The Morgan fingerprint density at radius 2 is 2.41 bits per heavy atom. The van der Waals surface area contributed by atoms with Crippen LogP contribution in [0.4, 0.5) is 4.39 Å². The molecule has 2 nitrogen and oxygen atoms in total. The molecule has 1 saturated heterocycles. The molecule has 2 rings (SSSR count).